The summed E-state index contributed by atoms with van der Waals surface area (Å²) in [7, 11) is 1.95. The fourth-order valence-electron chi connectivity index (χ4n) is 2.78. The number of hydrogen-bond donors (Lipinski definition) is 1. The van der Waals surface area contributed by atoms with Crippen LogP contribution >= 0.6 is 11.6 Å². The Kier molecular flexibility index (Phi) is 3.85. The molecule has 1 aliphatic carbocycles. The van der Waals surface area contributed by atoms with Crippen LogP contribution in [0.15, 0.2) is 24.3 Å². The Morgan fingerprint density at radius 2 is 1.94 bits per heavy atom. The van der Waals surface area contributed by atoms with Crippen molar-refractivity contribution in [1.82, 2.24) is 5.32 Å². The molecule has 0 aromatic heterocycles. The van der Waals surface area contributed by atoms with Crippen LogP contribution in [0.1, 0.15) is 31.2 Å². The molecule has 2 nitrogen and oxygen atoms in total. The van der Waals surface area contributed by atoms with Crippen LogP contribution in [-0.2, 0) is 10.2 Å². The van der Waals surface area contributed by atoms with Gasteiger partial charge >= 0.3 is 0 Å². The predicted molar refractivity (Wildman–Crippen MR) is 70.5 cm³/mol. The van der Waals surface area contributed by atoms with Crippen molar-refractivity contribution in [3.05, 3.63) is 34.9 Å². The highest BCUT2D eigenvalue weighted by atomic mass is 35.5. The molecule has 1 aliphatic rings. The molecule has 17 heavy (non-hydrogen) atoms. The molecule has 1 aromatic carbocycles. The highest BCUT2D eigenvalue weighted by molar-refractivity contribution is 6.31. The molecule has 1 saturated carbocycles. The number of nitrogens with one attached hydrogen (secondary N) is 1. The summed E-state index contributed by atoms with van der Waals surface area (Å²) in [4.78, 5) is 11.4. The molecule has 0 spiro atoms. The molecule has 92 valence electrons. The maximum Gasteiger partial charge on any atom is 0.132 e. The van der Waals surface area contributed by atoms with Gasteiger partial charge in [0.15, 0.2) is 0 Å². The van der Waals surface area contributed by atoms with E-state index in [9.17, 15) is 4.79 Å². The number of ketones is 1. The van der Waals surface area contributed by atoms with Crippen LogP contribution < -0.4 is 5.32 Å². The molecule has 0 heterocycles. The average molecular weight is 252 g/mol. The van der Waals surface area contributed by atoms with Crippen molar-refractivity contribution >= 4 is 17.4 Å². The van der Waals surface area contributed by atoms with E-state index < -0.39 is 0 Å². The number of halogens is 1. The SMILES string of the molecule is CNCC1(c2ccccc2Cl)CCC(=O)CC1. The summed E-state index contributed by atoms with van der Waals surface area (Å²) in [6.07, 6.45) is 3.15. The smallest absolute Gasteiger partial charge is 0.132 e. The molecular formula is C14H18ClNO. The number of benzene rings is 1. The first-order valence-corrected chi connectivity index (χ1v) is 6.47. The van der Waals surface area contributed by atoms with E-state index in [4.69, 9.17) is 11.6 Å². The van der Waals surface area contributed by atoms with Crippen LogP contribution in [0.3, 0.4) is 0 Å². The van der Waals surface area contributed by atoms with Crippen LogP contribution in [-0.4, -0.2) is 19.4 Å². The Bertz CT molecular complexity index is 406. The lowest BCUT2D eigenvalue weighted by Gasteiger charge is -2.37. The molecule has 0 atom stereocenters. The van der Waals surface area contributed by atoms with Crippen molar-refractivity contribution in [3.8, 4) is 0 Å². The van der Waals surface area contributed by atoms with Crippen molar-refractivity contribution in [2.75, 3.05) is 13.6 Å². The molecule has 0 bridgehead atoms. The van der Waals surface area contributed by atoms with Gasteiger partial charge in [-0.25, -0.2) is 0 Å². The van der Waals surface area contributed by atoms with Gasteiger partial charge in [-0.3, -0.25) is 4.79 Å². The third-order valence-corrected chi connectivity index (χ3v) is 4.05. The third-order valence-electron chi connectivity index (χ3n) is 3.73. The molecule has 0 aliphatic heterocycles. The van der Waals surface area contributed by atoms with E-state index in [0.717, 1.165) is 24.4 Å². The normalized spacial score (nSPS) is 19.3. The van der Waals surface area contributed by atoms with Gasteiger partial charge in [-0.05, 0) is 31.5 Å². The largest absolute Gasteiger partial charge is 0.319 e. The van der Waals surface area contributed by atoms with Crippen molar-refractivity contribution in [2.45, 2.75) is 31.1 Å². The lowest BCUT2D eigenvalue weighted by molar-refractivity contribution is -0.121. The summed E-state index contributed by atoms with van der Waals surface area (Å²) < 4.78 is 0. The van der Waals surface area contributed by atoms with Gasteiger partial charge in [0.25, 0.3) is 0 Å². The Labute approximate surface area is 107 Å². The molecule has 0 saturated heterocycles. The predicted octanol–water partition coefficient (Wildman–Crippen LogP) is 2.94. The van der Waals surface area contributed by atoms with Gasteiger partial charge in [0.1, 0.15) is 5.78 Å². The minimum atomic E-state index is 0.0288. The van der Waals surface area contributed by atoms with E-state index in [1.807, 2.05) is 25.2 Å². The summed E-state index contributed by atoms with van der Waals surface area (Å²) in [5, 5.41) is 4.07. The Hall–Kier alpha value is -0.860. The second-order valence-corrected chi connectivity index (χ2v) is 5.24. The van der Waals surface area contributed by atoms with E-state index in [0.29, 0.717) is 18.6 Å². The molecule has 1 aromatic rings. The van der Waals surface area contributed by atoms with E-state index >= 15 is 0 Å². The Balaban J connectivity index is 2.34. The van der Waals surface area contributed by atoms with Crippen molar-refractivity contribution < 1.29 is 4.79 Å². The summed E-state index contributed by atoms with van der Waals surface area (Å²) in [6, 6.07) is 8.00. The van der Waals surface area contributed by atoms with Gasteiger partial charge in [0.05, 0.1) is 0 Å². The minimum absolute atomic E-state index is 0.0288. The van der Waals surface area contributed by atoms with Crippen molar-refractivity contribution in [3.63, 3.8) is 0 Å². The summed E-state index contributed by atoms with van der Waals surface area (Å²) in [5.74, 6) is 0.379. The van der Waals surface area contributed by atoms with E-state index in [1.54, 1.807) is 0 Å². The maximum atomic E-state index is 11.4. The summed E-state index contributed by atoms with van der Waals surface area (Å²) >= 11 is 6.31. The topological polar surface area (TPSA) is 29.1 Å². The van der Waals surface area contributed by atoms with Gasteiger partial charge in [-0.1, -0.05) is 29.8 Å². The van der Waals surface area contributed by atoms with Gasteiger partial charge in [-0.15, -0.1) is 0 Å². The first-order valence-electron chi connectivity index (χ1n) is 6.09. The Morgan fingerprint density at radius 3 is 2.53 bits per heavy atom. The maximum absolute atomic E-state index is 11.4. The van der Waals surface area contributed by atoms with E-state index in [2.05, 4.69) is 11.4 Å². The first kappa shape index (κ1) is 12.6. The molecule has 3 heteroatoms. The van der Waals surface area contributed by atoms with Crippen LogP contribution in [0.4, 0.5) is 0 Å². The minimum Gasteiger partial charge on any atom is -0.319 e. The number of likely N-dealkylation sites (N-methyl/N-ethyl adjacent to an activating group) is 1. The Morgan fingerprint density at radius 1 is 1.29 bits per heavy atom. The number of carbonyl (C=O) groups is 1. The van der Waals surface area contributed by atoms with Crippen molar-refractivity contribution in [1.29, 1.82) is 0 Å². The molecule has 2 rings (SSSR count). The summed E-state index contributed by atoms with van der Waals surface area (Å²) in [6.45, 7) is 0.879. The van der Waals surface area contributed by atoms with Gasteiger partial charge in [0, 0.05) is 29.8 Å². The van der Waals surface area contributed by atoms with Gasteiger partial charge < -0.3 is 5.32 Å². The third kappa shape index (κ3) is 2.53. The average Bonchev–Trinajstić information content (AvgIpc) is 2.33. The standard InChI is InChI=1S/C14H18ClNO/c1-16-10-14(8-6-11(17)7-9-14)12-4-2-3-5-13(12)15/h2-5,16H,6-10H2,1H3. The van der Waals surface area contributed by atoms with E-state index in [-0.39, 0.29) is 5.41 Å². The van der Waals surface area contributed by atoms with Crippen LogP contribution in [0.5, 0.6) is 0 Å². The molecule has 0 amide bonds. The molecule has 1 fully saturated rings. The highest BCUT2D eigenvalue weighted by Gasteiger charge is 2.36. The monoisotopic (exact) mass is 251 g/mol. The molecule has 0 unspecified atom stereocenters. The zero-order valence-corrected chi connectivity index (χ0v) is 10.9. The fraction of sp³-hybridized carbons (Fsp3) is 0.500. The highest BCUT2D eigenvalue weighted by Crippen LogP contribution is 2.40. The van der Waals surface area contributed by atoms with Gasteiger partial charge in [-0.2, -0.15) is 0 Å². The number of hydrogen-bond acceptors (Lipinski definition) is 2. The second kappa shape index (κ2) is 5.19. The first-order chi connectivity index (χ1) is 8.18. The number of Topliss-reactive ketones (excluding diaryl/α,β-unsaturated/α-hetero) is 1. The lowest BCUT2D eigenvalue weighted by atomic mass is 9.69. The zero-order chi connectivity index (χ0) is 12.3. The molecule has 0 radical (unpaired) electrons. The molecule has 1 N–H and O–H groups in total. The van der Waals surface area contributed by atoms with E-state index in [1.165, 1.54) is 5.56 Å². The number of rotatable bonds is 3. The van der Waals surface area contributed by atoms with Crippen molar-refractivity contribution in [2.24, 2.45) is 0 Å². The van der Waals surface area contributed by atoms with Crippen LogP contribution in [0.25, 0.3) is 0 Å². The molecular weight excluding hydrogens is 234 g/mol. The quantitative estimate of drug-likeness (QED) is 0.895. The second-order valence-electron chi connectivity index (χ2n) is 4.83. The fourth-order valence-corrected chi connectivity index (χ4v) is 3.11. The van der Waals surface area contributed by atoms with Crippen LogP contribution in [0, 0.1) is 0 Å². The van der Waals surface area contributed by atoms with Gasteiger partial charge in [0.2, 0.25) is 0 Å². The number of carbonyl (C=O) groups excluding carboxylic acids is 1. The summed E-state index contributed by atoms with van der Waals surface area (Å²) in [5.41, 5.74) is 1.21. The van der Waals surface area contributed by atoms with Crippen LogP contribution in [0.2, 0.25) is 5.02 Å². The lowest BCUT2D eigenvalue weighted by Crippen LogP contribution is -2.40. The zero-order valence-electron chi connectivity index (χ0n) is 10.1.